The zero-order chi connectivity index (χ0) is 19.6. The molecule has 144 valence electrons. The normalized spacial score (nSPS) is 22.2. The van der Waals surface area contributed by atoms with Gasteiger partial charge in [-0.25, -0.2) is 0 Å². The Labute approximate surface area is 159 Å². The summed E-state index contributed by atoms with van der Waals surface area (Å²) in [4.78, 5) is 30.0. The minimum atomic E-state index is -0.611. The van der Waals surface area contributed by atoms with Crippen molar-refractivity contribution in [2.45, 2.75) is 38.7 Å². The lowest BCUT2D eigenvalue weighted by molar-refractivity contribution is -0.143. The van der Waals surface area contributed by atoms with Crippen LogP contribution in [-0.2, 0) is 25.7 Å². The average molecular weight is 371 g/mol. The van der Waals surface area contributed by atoms with Crippen LogP contribution in [-0.4, -0.2) is 38.8 Å². The number of hydrogen-bond acceptors (Lipinski definition) is 6. The highest BCUT2D eigenvalue weighted by molar-refractivity contribution is 6.08. The van der Waals surface area contributed by atoms with Gasteiger partial charge in [-0.3, -0.25) is 14.6 Å². The SMILES string of the molecule is COCc1cc([C@@H]2C3=C(CCCC3=O)N=C(C)C2C(=O)OC)ccc1OC. The summed E-state index contributed by atoms with van der Waals surface area (Å²) in [5.41, 5.74) is 3.88. The van der Waals surface area contributed by atoms with Crippen molar-refractivity contribution < 1.29 is 23.8 Å². The second kappa shape index (κ2) is 8.05. The number of benzene rings is 1. The molecule has 0 amide bonds. The maximum Gasteiger partial charge on any atom is 0.315 e. The summed E-state index contributed by atoms with van der Waals surface area (Å²) in [6.45, 7) is 2.20. The number of nitrogens with zero attached hydrogens (tertiary/aromatic N) is 1. The lowest BCUT2D eigenvalue weighted by Gasteiger charge is -2.34. The largest absolute Gasteiger partial charge is 0.496 e. The van der Waals surface area contributed by atoms with Crippen molar-refractivity contribution in [2.75, 3.05) is 21.3 Å². The third-order valence-electron chi connectivity index (χ3n) is 5.25. The average Bonchev–Trinajstić information content (AvgIpc) is 2.66. The quantitative estimate of drug-likeness (QED) is 0.743. The number of methoxy groups -OCH3 is 3. The summed E-state index contributed by atoms with van der Waals surface area (Å²) >= 11 is 0. The maximum absolute atomic E-state index is 12.8. The van der Waals surface area contributed by atoms with Crippen LogP contribution in [0, 0.1) is 5.92 Å². The van der Waals surface area contributed by atoms with E-state index in [0.717, 1.165) is 29.7 Å². The fourth-order valence-electron chi connectivity index (χ4n) is 4.06. The second-order valence-corrected chi connectivity index (χ2v) is 6.87. The summed E-state index contributed by atoms with van der Waals surface area (Å²) < 4.78 is 15.7. The van der Waals surface area contributed by atoms with Crippen LogP contribution in [0.4, 0.5) is 0 Å². The molecule has 0 fully saturated rings. The molecule has 27 heavy (non-hydrogen) atoms. The molecule has 2 atom stereocenters. The van der Waals surface area contributed by atoms with E-state index in [-0.39, 0.29) is 11.8 Å². The molecule has 1 aromatic carbocycles. The molecule has 2 aliphatic rings. The molecule has 0 bridgehead atoms. The van der Waals surface area contributed by atoms with E-state index in [9.17, 15) is 9.59 Å². The fourth-order valence-corrected chi connectivity index (χ4v) is 4.06. The van der Waals surface area contributed by atoms with Crippen LogP contribution in [0.15, 0.2) is 34.5 Å². The Balaban J connectivity index is 2.17. The van der Waals surface area contributed by atoms with Crippen LogP contribution >= 0.6 is 0 Å². The van der Waals surface area contributed by atoms with Gasteiger partial charge in [0.05, 0.1) is 20.8 Å². The minimum absolute atomic E-state index is 0.0653. The van der Waals surface area contributed by atoms with Gasteiger partial charge in [0, 0.05) is 42.0 Å². The summed E-state index contributed by atoms with van der Waals surface area (Å²) in [6, 6.07) is 5.71. The molecule has 6 heteroatoms. The lowest BCUT2D eigenvalue weighted by atomic mass is 9.71. The number of Topliss-reactive ketones (excluding diaryl/α,β-unsaturated/α-hetero) is 1. The van der Waals surface area contributed by atoms with Crippen LogP contribution in [0.2, 0.25) is 0 Å². The molecule has 1 aliphatic carbocycles. The number of carbonyl (C=O) groups is 2. The van der Waals surface area contributed by atoms with E-state index in [4.69, 9.17) is 14.2 Å². The van der Waals surface area contributed by atoms with Gasteiger partial charge in [0.1, 0.15) is 11.7 Å². The predicted octanol–water partition coefficient (Wildman–Crippen LogP) is 3.20. The Morgan fingerprint density at radius 3 is 2.67 bits per heavy atom. The Morgan fingerprint density at radius 2 is 2.00 bits per heavy atom. The van der Waals surface area contributed by atoms with Crippen molar-refractivity contribution in [1.82, 2.24) is 0 Å². The summed E-state index contributed by atoms with van der Waals surface area (Å²) in [5.74, 6) is -0.620. The molecule has 0 radical (unpaired) electrons. The van der Waals surface area contributed by atoms with Gasteiger partial charge in [-0.1, -0.05) is 6.07 Å². The number of rotatable bonds is 5. The number of allylic oxidation sites excluding steroid dienone is 2. The number of ether oxygens (including phenoxy) is 3. The maximum atomic E-state index is 12.8. The monoisotopic (exact) mass is 371 g/mol. The van der Waals surface area contributed by atoms with E-state index < -0.39 is 11.8 Å². The molecule has 0 saturated carbocycles. The highest BCUT2D eigenvalue weighted by Crippen LogP contribution is 2.44. The van der Waals surface area contributed by atoms with Crippen LogP contribution in [0.25, 0.3) is 0 Å². The van der Waals surface area contributed by atoms with Gasteiger partial charge in [0.15, 0.2) is 5.78 Å². The topological polar surface area (TPSA) is 74.2 Å². The molecule has 1 aliphatic heterocycles. The molecule has 0 saturated heterocycles. The summed E-state index contributed by atoms with van der Waals surface area (Å²) in [6.07, 6.45) is 2.03. The minimum Gasteiger partial charge on any atom is -0.496 e. The Bertz CT molecular complexity index is 824. The molecular weight excluding hydrogens is 346 g/mol. The third kappa shape index (κ3) is 3.54. The van der Waals surface area contributed by atoms with Crippen molar-refractivity contribution in [2.24, 2.45) is 10.9 Å². The van der Waals surface area contributed by atoms with Gasteiger partial charge in [0.2, 0.25) is 0 Å². The van der Waals surface area contributed by atoms with Gasteiger partial charge in [0.25, 0.3) is 0 Å². The number of aliphatic imine (C=N–C) groups is 1. The Kier molecular flexibility index (Phi) is 5.75. The van der Waals surface area contributed by atoms with Gasteiger partial charge in [-0.15, -0.1) is 0 Å². The molecule has 1 aromatic rings. The lowest BCUT2D eigenvalue weighted by Crippen LogP contribution is -2.37. The van der Waals surface area contributed by atoms with E-state index in [1.807, 2.05) is 25.1 Å². The van der Waals surface area contributed by atoms with Crippen LogP contribution in [0.5, 0.6) is 5.75 Å². The zero-order valence-corrected chi connectivity index (χ0v) is 16.2. The fraction of sp³-hybridized carbons (Fsp3) is 0.476. The van der Waals surface area contributed by atoms with Gasteiger partial charge < -0.3 is 14.2 Å². The molecule has 3 rings (SSSR count). The molecule has 1 heterocycles. The Morgan fingerprint density at radius 1 is 1.22 bits per heavy atom. The van der Waals surface area contributed by atoms with E-state index in [2.05, 4.69) is 4.99 Å². The third-order valence-corrected chi connectivity index (χ3v) is 5.25. The first-order chi connectivity index (χ1) is 13.0. The first-order valence-electron chi connectivity index (χ1n) is 9.06. The molecular formula is C21H25NO5. The van der Waals surface area contributed by atoms with Crippen molar-refractivity contribution >= 4 is 17.5 Å². The van der Waals surface area contributed by atoms with Crippen LogP contribution < -0.4 is 4.74 Å². The van der Waals surface area contributed by atoms with E-state index in [1.54, 1.807) is 14.2 Å². The van der Waals surface area contributed by atoms with Gasteiger partial charge in [-0.2, -0.15) is 0 Å². The van der Waals surface area contributed by atoms with Crippen molar-refractivity contribution in [3.63, 3.8) is 0 Å². The number of hydrogen-bond donors (Lipinski definition) is 0. The van der Waals surface area contributed by atoms with Crippen molar-refractivity contribution in [3.05, 3.63) is 40.6 Å². The van der Waals surface area contributed by atoms with Crippen LogP contribution in [0.3, 0.4) is 0 Å². The second-order valence-electron chi connectivity index (χ2n) is 6.87. The number of carbonyl (C=O) groups excluding carboxylic acids is 2. The Hall–Kier alpha value is -2.47. The molecule has 1 unspecified atom stereocenters. The highest BCUT2D eigenvalue weighted by Gasteiger charge is 2.43. The zero-order valence-electron chi connectivity index (χ0n) is 16.2. The van der Waals surface area contributed by atoms with Crippen molar-refractivity contribution in [3.8, 4) is 5.75 Å². The predicted molar refractivity (Wildman–Crippen MR) is 101 cm³/mol. The number of esters is 1. The first-order valence-corrected chi connectivity index (χ1v) is 9.06. The van der Waals surface area contributed by atoms with Gasteiger partial charge in [-0.05, 0) is 37.5 Å². The summed E-state index contributed by atoms with van der Waals surface area (Å²) in [5, 5.41) is 0. The van der Waals surface area contributed by atoms with Crippen molar-refractivity contribution in [1.29, 1.82) is 0 Å². The van der Waals surface area contributed by atoms with E-state index in [1.165, 1.54) is 7.11 Å². The van der Waals surface area contributed by atoms with E-state index >= 15 is 0 Å². The molecule has 0 aromatic heterocycles. The van der Waals surface area contributed by atoms with Gasteiger partial charge >= 0.3 is 5.97 Å². The molecule has 0 spiro atoms. The standard InChI is InChI=1S/C21H25NO5/c1-12-18(21(24)27-4)19(20-15(22-12)6-5-7-16(20)23)13-8-9-17(26-3)14(10-13)11-25-2/h8-10,18-19H,5-7,11H2,1-4H3/t18?,19-/m0/s1. The smallest absolute Gasteiger partial charge is 0.315 e. The molecule has 6 nitrogen and oxygen atoms in total. The highest BCUT2D eigenvalue weighted by atomic mass is 16.5. The van der Waals surface area contributed by atoms with Crippen LogP contribution in [0.1, 0.15) is 43.2 Å². The molecule has 0 N–H and O–H groups in total. The first kappa shape index (κ1) is 19.3. The number of ketones is 1. The van der Waals surface area contributed by atoms with E-state index in [0.29, 0.717) is 30.1 Å². The summed E-state index contributed by atoms with van der Waals surface area (Å²) in [7, 11) is 4.59.